The summed E-state index contributed by atoms with van der Waals surface area (Å²) in [6, 6.07) is 0. The Bertz CT molecular complexity index is 268. The third-order valence-corrected chi connectivity index (χ3v) is 1.37. The Hall–Kier alpha value is -1.32. The quantitative estimate of drug-likeness (QED) is 0.680. The van der Waals surface area contributed by atoms with Crippen molar-refractivity contribution in [3.8, 4) is 0 Å². The molecule has 0 spiro atoms. The average Bonchev–Trinajstić information content (AvgIpc) is 2.36. The number of nitrogens with one attached hydrogen (secondary N) is 1. The van der Waals surface area contributed by atoms with E-state index >= 15 is 0 Å². The van der Waals surface area contributed by atoms with Gasteiger partial charge in [-0.05, 0) is 13.8 Å². The molecule has 0 aliphatic heterocycles. The zero-order valence-electron chi connectivity index (χ0n) is 7.26. The number of aromatic nitrogens is 2. The Morgan fingerprint density at radius 1 is 1.75 bits per heavy atom. The first-order valence-corrected chi connectivity index (χ1v) is 3.88. The lowest BCUT2D eigenvalue weighted by Crippen LogP contribution is -2.08. The predicted octanol–water partition coefficient (Wildman–Crippen LogP) is 0.824. The van der Waals surface area contributed by atoms with Gasteiger partial charge in [0.2, 0.25) is 0 Å². The molecule has 0 saturated carbocycles. The second-order valence-corrected chi connectivity index (χ2v) is 2.49. The van der Waals surface area contributed by atoms with Crippen molar-refractivity contribution in [2.45, 2.75) is 20.3 Å². The summed E-state index contributed by atoms with van der Waals surface area (Å²) >= 11 is 0. The van der Waals surface area contributed by atoms with Crippen LogP contribution in [0, 0.1) is 6.92 Å². The van der Waals surface area contributed by atoms with E-state index in [9.17, 15) is 4.79 Å². The van der Waals surface area contributed by atoms with E-state index in [0.717, 1.165) is 5.69 Å². The van der Waals surface area contributed by atoms with Gasteiger partial charge in [-0.3, -0.25) is 4.79 Å². The molecule has 1 rings (SSSR count). The SMILES string of the molecule is CCOC(=O)Cc1ncc(C)[nH]1. The molecule has 0 aliphatic carbocycles. The van der Waals surface area contributed by atoms with Crippen LogP contribution in [0.1, 0.15) is 18.4 Å². The molecule has 0 saturated heterocycles. The summed E-state index contributed by atoms with van der Waals surface area (Å²) in [6.07, 6.45) is 1.91. The summed E-state index contributed by atoms with van der Waals surface area (Å²) in [7, 11) is 0. The third kappa shape index (κ3) is 2.38. The standard InChI is InChI=1S/C8H12N2O2/c1-3-12-8(11)4-7-9-5-6(2)10-7/h5H,3-4H2,1-2H3,(H,9,10). The molecule has 0 atom stereocenters. The molecule has 1 aromatic rings. The van der Waals surface area contributed by atoms with Crippen LogP contribution in [0.4, 0.5) is 0 Å². The number of ether oxygens (including phenoxy) is 1. The molecule has 0 fully saturated rings. The van der Waals surface area contributed by atoms with Gasteiger partial charge in [-0.2, -0.15) is 0 Å². The van der Waals surface area contributed by atoms with Gasteiger partial charge in [0.1, 0.15) is 12.2 Å². The van der Waals surface area contributed by atoms with Crippen LogP contribution in [-0.4, -0.2) is 22.5 Å². The van der Waals surface area contributed by atoms with Gasteiger partial charge in [0, 0.05) is 11.9 Å². The molecule has 0 amide bonds. The fourth-order valence-electron chi connectivity index (χ4n) is 0.905. The molecular weight excluding hydrogens is 156 g/mol. The van der Waals surface area contributed by atoms with Gasteiger partial charge in [-0.1, -0.05) is 0 Å². The number of nitrogens with zero attached hydrogens (tertiary/aromatic N) is 1. The van der Waals surface area contributed by atoms with Gasteiger partial charge in [0.15, 0.2) is 0 Å². The molecule has 4 heteroatoms. The summed E-state index contributed by atoms with van der Waals surface area (Å²) in [5.41, 5.74) is 0.953. The monoisotopic (exact) mass is 168 g/mol. The van der Waals surface area contributed by atoms with Crippen molar-refractivity contribution in [2.75, 3.05) is 6.61 Å². The Morgan fingerprint density at radius 3 is 3.00 bits per heavy atom. The minimum absolute atomic E-state index is 0.224. The van der Waals surface area contributed by atoms with E-state index in [1.165, 1.54) is 0 Å². The van der Waals surface area contributed by atoms with Crippen molar-refractivity contribution in [3.63, 3.8) is 0 Å². The summed E-state index contributed by atoms with van der Waals surface area (Å²) < 4.78 is 4.76. The molecule has 66 valence electrons. The van der Waals surface area contributed by atoms with Crippen LogP contribution in [-0.2, 0) is 16.0 Å². The molecule has 1 heterocycles. The Balaban J connectivity index is 2.46. The molecule has 12 heavy (non-hydrogen) atoms. The minimum Gasteiger partial charge on any atom is -0.466 e. The largest absolute Gasteiger partial charge is 0.466 e. The predicted molar refractivity (Wildman–Crippen MR) is 43.7 cm³/mol. The number of carbonyl (C=O) groups excluding carboxylic acids is 1. The molecule has 0 radical (unpaired) electrons. The van der Waals surface area contributed by atoms with Crippen LogP contribution >= 0.6 is 0 Å². The van der Waals surface area contributed by atoms with Crippen LogP contribution in [0.3, 0.4) is 0 Å². The fraction of sp³-hybridized carbons (Fsp3) is 0.500. The molecule has 0 aliphatic rings. The van der Waals surface area contributed by atoms with E-state index < -0.39 is 0 Å². The normalized spacial score (nSPS) is 9.83. The lowest BCUT2D eigenvalue weighted by molar-refractivity contribution is -0.142. The first kappa shape index (κ1) is 8.77. The van der Waals surface area contributed by atoms with E-state index in [1.54, 1.807) is 13.1 Å². The van der Waals surface area contributed by atoms with Gasteiger partial charge >= 0.3 is 5.97 Å². The van der Waals surface area contributed by atoms with Gasteiger partial charge < -0.3 is 9.72 Å². The van der Waals surface area contributed by atoms with E-state index in [-0.39, 0.29) is 12.4 Å². The highest BCUT2D eigenvalue weighted by Gasteiger charge is 2.05. The van der Waals surface area contributed by atoms with Gasteiger partial charge in [-0.25, -0.2) is 4.98 Å². The Labute approximate surface area is 71.0 Å². The zero-order valence-corrected chi connectivity index (χ0v) is 7.26. The Kier molecular flexibility index (Phi) is 2.85. The highest BCUT2D eigenvalue weighted by molar-refractivity contribution is 5.71. The second kappa shape index (κ2) is 3.90. The van der Waals surface area contributed by atoms with Crippen LogP contribution in [0.2, 0.25) is 0 Å². The molecule has 0 bridgehead atoms. The summed E-state index contributed by atoms with van der Waals surface area (Å²) in [4.78, 5) is 17.9. The van der Waals surface area contributed by atoms with Crippen molar-refractivity contribution >= 4 is 5.97 Å². The first-order valence-electron chi connectivity index (χ1n) is 3.88. The average molecular weight is 168 g/mol. The molecule has 1 N–H and O–H groups in total. The van der Waals surface area contributed by atoms with Gasteiger partial charge in [0.25, 0.3) is 0 Å². The van der Waals surface area contributed by atoms with E-state index in [0.29, 0.717) is 12.4 Å². The number of rotatable bonds is 3. The number of imidazole rings is 1. The lowest BCUT2D eigenvalue weighted by atomic mass is 10.4. The fourth-order valence-corrected chi connectivity index (χ4v) is 0.905. The minimum atomic E-state index is -0.244. The highest BCUT2D eigenvalue weighted by atomic mass is 16.5. The number of esters is 1. The smallest absolute Gasteiger partial charge is 0.313 e. The molecule has 1 aromatic heterocycles. The molecule has 0 aromatic carbocycles. The van der Waals surface area contributed by atoms with E-state index in [2.05, 4.69) is 9.97 Å². The van der Waals surface area contributed by atoms with Crippen molar-refractivity contribution in [1.29, 1.82) is 0 Å². The van der Waals surface area contributed by atoms with Crippen molar-refractivity contribution in [2.24, 2.45) is 0 Å². The summed E-state index contributed by atoms with van der Waals surface area (Å²) in [6.45, 7) is 4.09. The van der Waals surface area contributed by atoms with Crippen molar-refractivity contribution in [3.05, 3.63) is 17.7 Å². The topological polar surface area (TPSA) is 55.0 Å². The number of hydrogen-bond acceptors (Lipinski definition) is 3. The molecule has 4 nitrogen and oxygen atoms in total. The summed E-state index contributed by atoms with van der Waals surface area (Å²) in [5, 5.41) is 0. The molecular formula is C8H12N2O2. The number of H-pyrrole nitrogens is 1. The second-order valence-electron chi connectivity index (χ2n) is 2.49. The number of hydrogen-bond donors (Lipinski definition) is 1. The van der Waals surface area contributed by atoms with Crippen LogP contribution in [0.15, 0.2) is 6.20 Å². The summed E-state index contributed by atoms with van der Waals surface area (Å²) in [5.74, 6) is 0.415. The van der Waals surface area contributed by atoms with E-state index in [1.807, 2.05) is 6.92 Å². The number of aryl methyl sites for hydroxylation is 1. The molecule has 0 unspecified atom stereocenters. The van der Waals surface area contributed by atoms with Crippen LogP contribution < -0.4 is 0 Å². The van der Waals surface area contributed by atoms with Crippen LogP contribution in [0.25, 0.3) is 0 Å². The third-order valence-electron chi connectivity index (χ3n) is 1.37. The van der Waals surface area contributed by atoms with E-state index in [4.69, 9.17) is 4.74 Å². The maximum Gasteiger partial charge on any atom is 0.313 e. The highest BCUT2D eigenvalue weighted by Crippen LogP contribution is 1.96. The van der Waals surface area contributed by atoms with Crippen molar-refractivity contribution in [1.82, 2.24) is 9.97 Å². The van der Waals surface area contributed by atoms with Gasteiger partial charge in [-0.15, -0.1) is 0 Å². The maximum atomic E-state index is 10.9. The lowest BCUT2D eigenvalue weighted by Gasteiger charge is -1.97. The number of carbonyl (C=O) groups is 1. The van der Waals surface area contributed by atoms with Crippen molar-refractivity contribution < 1.29 is 9.53 Å². The van der Waals surface area contributed by atoms with Gasteiger partial charge in [0.05, 0.1) is 6.61 Å². The number of aromatic amines is 1. The van der Waals surface area contributed by atoms with Crippen LogP contribution in [0.5, 0.6) is 0 Å². The Morgan fingerprint density at radius 2 is 2.50 bits per heavy atom. The zero-order chi connectivity index (χ0) is 8.97. The first-order chi connectivity index (χ1) is 5.72. The maximum absolute atomic E-state index is 10.9.